The van der Waals surface area contributed by atoms with E-state index < -0.39 is 0 Å². The van der Waals surface area contributed by atoms with Crippen molar-refractivity contribution in [1.29, 1.82) is 0 Å². The maximum Gasteiger partial charge on any atom is 0.000794 e. The molecular weight excluding hydrogens is 172 g/mol. The minimum atomic E-state index is 0.723. The van der Waals surface area contributed by atoms with Gasteiger partial charge in [0.25, 0.3) is 0 Å². The van der Waals surface area contributed by atoms with Gasteiger partial charge in [0.2, 0.25) is 0 Å². The van der Waals surface area contributed by atoms with E-state index in [1.807, 2.05) is 0 Å². The van der Waals surface area contributed by atoms with Crippen LogP contribution < -0.4 is 10.6 Å². The van der Waals surface area contributed by atoms with Crippen molar-refractivity contribution in [3.8, 4) is 0 Å². The molecule has 0 aromatic heterocycles. The van der Waals surface area contributed by atoms with E-state index in [1.165, 1.54) is 58.3 Å². The molecule has 2 nitrogen and oxygen atoms in total. The third-order valence-electron chi connectivity index (χ3n) is 3.83. The predicted octanol–water partition coefficient (Wildman–Crippen LogP) is 1.77. The van der Waals surface area contributed by atoms with E-state index >= 15 is 0 Å². The molecular formula is C12H24N2. The molecule has 14 heavy (non-hydrogen) atoms. The molecule has 0 amide bonds. The van der Waals surface area contributed by atoms with E-state index in [-0.39, 0.29) is 0 Å². The minimum absolute atomic E-state index is 0.723. The molecule has 2 aliphatic rings. The number of nitrogens with one attached hydrogen (secondary N) is 2. The summed E-state index contributed by atoms with van der Waals surface area (Å²) >= 11 is 0. The van der Waals surface area contributed by atoms with Gasteiger partial charge in [0.1, 0.15) is 0 Å². The highest BCUT2D eigenvalue weighted by Gasteiger charge is 2.40. The van der Waals surface area contributed by atoms with E-state index in [2.05, 4.69) is 17.6 Å². The van der Waals surface area contributed by atoms with Crippen LogP contribution in [-0.4, -0.2) is 26.2 Å². The second-order valence-corrected chi connectivity index (χ2v) is 5.24. The second kappa shape index (κ2) is 4.63. The smallest absolute Gasteiger partial charge is 0.000794 e. The summed E-state index contributed by atoms with van der Waals surface area (Å²) in [7, 11) is 0. The Labute approximate surface area is 87.8 Å². The van der Waals surface area contributed by atoms with E-state index in [4.69, 9.17) is 0 Å². The van der Waals surface area contributed by atoms with Crippen LogP contribution in [0.15, 0.2) is 0 Å². The Morgan fingerprint density at radius 3 is 2.86 bits per heavy atom. The topological polar surface area (TPSA) is 24.1 Å². The van der Waals surface area contributed by atoms with Gasteiger partial charge in [-0.05, 0) is 56.7 Å². The number of hydrogen-bond acceptors (Lipinski definition) is 2. The van der Waals surface area contributed by atoms with Gasteiger partial charge in [0.15, 0.2) is 0 Å². The van der Waals surface area contributed by atoms with E-state index in [0.29, 0.717) is 0 Å². The van der Waals surface area contributed by atoms with E-state index in [9.17, 15) is 0 Å². The average molecular weight is 196 g/mol. The maximum absolute atomic E-state index is 3.67. The Morgan fingerprint density at radius 2 is 2.29 bits per heavy atom. The molecule has 1 aliphatic carbocycles. The van der Waals surface area contributed by atoms with Crippen molar-refractivity contribution < 1.29 is 0 Å². The van der Waals surface area contributed by atoms with Crippen LogP contribution in [0.2, 0.25) is 0 Å². The van der Waals surface area contributed by atoms with Crippen molar-refractivity contribution >= 4 is 0 Å². The second-order valence-electron chi connectivity index (χ2n) is 5.24. The first kappa shape index (κ1) is 10.4. The summed E-state index contributed by atoms with van der Waals surface area (Å²) in [5.41, 5.74) is 0.723. The summed E-state index contributed by atoms with van der Waals surface area (Å²) < 4.78 is 0. The van der Waals surface area contributed by atoms with Crippen LogP contribution in [0.4, 0.5) is 0 Å². The molecule has 1 aliphatic heterocycles. The van der Waals surface area contributed by atoms with Gasteiger partial charge in [0.05, 0.1) is 0 Å². The van der Waals surface area contributed by atoms with Crippen molar-refractivity contribution in [2.45, 2.75) is 39.0 Å². The Bertz CT molecular complexity index is 169. The molecule has 0 spiro atoms. The Kier molecular flexibility index (Phi) is 3.45. The molecule has 1 atom stereocenters. The number of hydrogen-bond donors (Lipinski definition) is 2. The van der Waals surface area contributed by atoms with Crippen molar-refractivity contribution in [2.75, 3.05) is 26.2 Å². The molecule has 1 heterocycles. The van der Waals surface area contributed by atoms with Gasteiger partial charge >= 0.3 is 0 Å². The molecule has 1 saturated carbocycles. The van der Waals surface area contributed by atoms with Crippen molar-refractivity contribution in [2.24, 2.45) is 11.3 Å². The lowest BCUT2D eigenvalue weighted by molar-refractivity contribution is 0.398. The van der Waals surface area contributed by atoms with Gasteiger partial charge in [-0.15, -0.1) is 0 Å². The van der Waals surface area contributed by atoms with E-state index in [0.717, 1.165) is 11.3 Å². The Hall–Kier alpha value is -0.0800. The molecule has 2 fully saturated rings. The van der Waals surface area contributed by atoms with Crippen LogP contribution in [0.1, 0.15) is 39.0 Å². The highest BCUT2D eigenvalue weighted by atomic mass is 14.9. The fraction of sp³-hybridized carbons (Fsp3) is 1.00. The molecule has 2 heteroatoms. The summed E-state index contributed by atoms with van der Waals surface area (Å²) in [4.78, 5) is 0. The van der Waals surface area contributed by atoms with Crippen molar-refractivity contribution in [3.63, 3.8) is 0 Å². The van der Waals surface area contributed by atoms with Crippen LogP contribution in [0.25, 0.3) is 0 Å². The first-order chi connectivity index (χ1) is 6.85. The zero-order chi connectivity index (χ0) is 9.86. The quantitative estimate of drug-likeness (QED) is 0.676. The molecule has 82 valence electrons. The molecule has 1 unspecified atom stereocenters. The fourth-order valence-corrected chi connectivity index (χ4v) is 2.65. The zero-order valence-corrected chi connectivity index (χ0v) is 9.44. The molecule has 0 radical (unpaired) electrons. The minimum Gasteiger partial charge on any atom is -0.316 e. The van der Waals surface area contributed by atoms with Gasteiger partial charge in [-0.2, -0.15) is 0 Å². The lowest BCUT2D eigenvalue weighted by Gasteiger charge is -2.16. The highest BCUT2D eigenvalue weighted by molar-refractivity contribution is 4.94. The molecule has 0 aromatic carbocycles. The standard InChI is InChI=1S/C12H24N2/c1-2-4-12(5-6-12)10-14-9-11-3-7-13-8-11/h11,13-14H,2-10H2,1H3. The van der Waals surface area contributed by atoms with Crippen LogP contribution >= 0.6 is 0 Å². The third-order valence-corrected chi connectivity index (χ3v) is 3.83. The van der Waals surface area contributed by atoms with Gasteiger partial charge in [-0.1, -0.05) is 13.3 Å². The summed E-state index contributed by atoms with van der Waals surface area (Å²) in [6.45, 7) is 7.27. The summed E-state index contributed by atoms with van der Waals surface area (Å²) in [6, 6.07) is 0. The van der Waals surface area contributed by atoms with E-state index in [1.54, 1.807) is 0 Å². The van der Waals surface area contributed by atoms with Crippen LogP contribution in [-0.2, 0) is 0 Å². The van der Waals surface area contributed by atoms with Gasteiger partial charge in [-0.25, -0.2) is 0 Å². The average Bonchev–Trinajstić information content (AvgIpc) is 2.75. The summed E-state index contributed by atoms with van der Waals surface area (Å²) in [5.74, 6) is 0.896. The van der Waals surface area contributed by atoms with Crippen LogP contribution in [0.5, 0.6) is 0 Å². The zero-order valence-electron chi connectivity index (χ0n) is 9.44. The summed E-state index contributed by atoms with van der Waals surface area (Å²) in [5, 5.41) is 7.10. The van der Waals surface area contributed by atoms with Crippen molar-refractivity contribution in [3.05, 3.63) is 0 Å². The van der Waals surface area contributed by atoms with Gasteiger partial charge in [-0.3, -0.25) is 0 Å². The maximum atomic E-state index is 3.67. The van der Waals surface area contributed by atoms with Gasteiger partial charge < -0.3 is 10.6 Å². The van der Waals surface area contributed by atoms with Crippen LogP contribution in [0, 0.1) is 11.3 Å². The normalized spacial score (nSPS) is 29.4. The fourth-order valence-electron chi connectivity index (χ4n) is 2.65. The monoisotopic (exact) mass is 196 g/mol. The predicted molar refractivity (Wildman–Crippen MR) is 60.4 cm³/mol. The lowest BCUT2D eigenvalue weighted by atomic mass is 10.0. The van der Waals surface area contributed by atoms with Gasteiger partial charge in [0, 0.05) is 6.54 Å². The third kappa shape index (κ3) is 2.71. The Morgan fingerprint density at radius 1 is 1.43 bits per heavy atom. The van der Waals surface area contributed by atoms with Crippen molar-refractivity contribution in [1.82, 2.24) is 10.6 Å². The lowest BCUT2D eigenvalue weighted by Crippen LogP contribution is -2.30. The molecule has 2 rings (SSSR count). The summed E-state index contributed by atoms with van der Waals surface area (Å²) in [6.07, 6.45) is 7.09. The first-order valence-electron chi connectivity index (χ1n) is 6.26. The first-order valence-corrected chi connectivity index (χ1v) is 6.26. The van der Waals surface area contributed by atoms with Crippen LogP contribution in [0.3, 0.4) is 0 Å². The number of rotatable bonds is 6. The molecule has 2 N–H and O–H groups in total. The highest BCUT2D eigenvalue weighted by Crippen LogP contribution is 2.48. The molecule has 1 saturated heterocycles. The largest absolute Gasteiger partial charge is 0.316 e. The molecule has 0 aromatic rings. The Balaban J connectivity index is 1.58. The SMILES string of the molecule is CCCC1(CNCC2CCNC2)CC1. The molecule has 0 bridgehead atoms.